The van der Waals surface area contributed by atoms with Gasteiger partial charge in [0.1, 0.15) is 13.2 Å². The third kappa shape index (κ3) is 2.48. The molecule has 1 aliphatic heterocycles. The Labute approximate surface area is 128 Å². The van der Waals surface area contributed by atoms with Crippen molar-refractivity contribution < 1.29 is 14.6 Å². The van der Waals surface area contributed by atoms with Crippen molar-refractivity contribution in [2.75, 3.05) is 13.2 Å². The van der Waals surface area contributed by atoms with Crippen LogP contribution in [0.15, 0.2) is 35.1 Å². The second kappa shape index (κ2) is 5.85. The maximum Gasteiger partial charge on any atom is 0.256 e. The third-order valence-corrected chi connectivity index (χ3v) is 3.72. The predicted octanol–water partition coefficient (Wildman–Crippen LogP) is 2.36. The van der Waals surface area contributed by atoms with Crippen molar-refractivity contribution in [2.24, 2.45) is 0 Å². The lowest BCUT2D eigenvalue weighted by atomic mass is 10.1. The van der Waals surface area contributed by atoms with Gasteiger partial charge in [-0.05, 0) is 44.2 Å². The molecule has 0 spiro atoms. The van der Waals surface area contributed by atoms with Gasteiger partial charge >= 0.3 is 0 Å². The van der Waals surface area contributed by atoms with Crippen molar-refractivity contribution in [3.05, 3.63) is 46.2 Å². The third-order valence-electron chi connectivity index (χ3n) is 3.72. The number of fused-ring (bicyclic) bond motifs is 1. The summed E-state index contributed by atoms with van der Waals surface area (Å²) in [5, 5.41) is 9.29. The van der Waals surface area contributed by atoms with Crippen LogP contribution in [0, 0.1) is 0 Å². The van der Waals surface area contributed by atoms with Gasteiger partial charge in [-0.15, -0.1) is 0 Å². The van der Waals surface area contributed by atoms with Crippen molar-refractivity contribution in [1.29, 1.82) is 0 Å². The summed E-state index contributed by atoms with van der Waals surface area (Å²) < 4.78 is 12.8. The van der Waals surface area contributed by atoms with Crippen molar-refractivity contribution >= 4 is 0 Å². The number of aliphatic hydroxyl groups is 1. The zero-order chi connectivity index (χ0) is 15.7. The highest BCUT2D eigenvalue weighted by Crippen LogP contribution is 2.34. The quantitative estimate of drug-likeness (QED) is 0.945. The van der Waals surface area contributed by atoms with Crippen LogP contribution in [-0.4, -0.2) is 22.9 Å². The van der Waals surface area contributed by atoms with Gasteiger partial charge in [-0.25, -0.2) is 0 Å². The van der Waals surface area contributed by atoms with Gasteiger partial charge < -0.3 is 19.1 Å². The molecule has 1 N–H and O–H groups in total. The largest absolute Gasteiger partial charge is 0.486 e. The van der Waals surface area contributed by atoms with Gasteiger partial charge in [0, 0.05) is 17.2 Å². The first-order chi connectivity index (χ1) is 10.6. The van der Waals surface area contributed by atoms with Gasteiger partial charge in [-0.2, -0.15) is 0 Å². The lowest BCUT2D eigenvalue weighted by Gasteiger charge is -2.21. The zero-order valence-corrected chi connectivity index (χ0v) is 12.7. The van der Waals surface area contributed by atoms with Gasteiger partial charge in [0.15, 0.2) is 11.5 Å². The Kier molecular flexibility index (Phi) is 3.90. The summed E-state index contributed by atoms with van der Waals surface area (Å²) in [4.78, 5) is 12.5. The summed E-state index contributed by atoms with van der Waals surface area (Å²) in [7, 11) is 0. The molecule has 1 aromatic heterocycles. The Morgan fingerprint density at radius 2 is 1.86 bits per heavy atom. The minimum Gasteiger partial charge on any atom is -0.486 e. The fourth-order valence-electron chi connectivity index (χ4n) is 2.67. The highest BCUT2D eigenvalue weighted by Gasteiger charge is 2.16. The number of ether oxygens (including phenoxy) is 2. The fourth-order valence-corrected chi connectivity index (χ4v) is 2.67. The molecule has 0 atom stereocenters. The average molecular weight is 301 g/mol. The minimum atomic E-state index is -0.257. The van der Waals surface area contributed by atoms with E-state index in [1.54, 1.807) is 10.6 Å². The Morgan fingerprint density at radius 1 is 1.14 bits per heavy atom. The van der Waals surface area contributed by atoms with E-state index in [4.69, 9.17) is 9.47 Å². The number of benzene rings is 1. The first-order valence-corrected chi connectivity index (χ1v) is 7.37. The summed E-state index contributed by atoms with van der Waals surface area (Å²) in [6.07, 6.45) is 0. The molecule has 1 aliphatic rings. The number of pyridine rings is 1. The van der Waals surface area contributed by atoms with Crippen LogP contribution in [0.1, 0.15) is 25.5 Å². The van der Waals surface area contributed by atoms with E-state index in [9.17, 15) is 9.90 Å². The second-order valence-electron chi connectivity index (χ2n) is 5.53. The highest BCUT2D eigenvalue weighted by atomic mass is 16.6. The molecular weight excluding hydrogens is 282 g/mol. The Balaban J connectivity index is 2.16. The van der Waals surface area contributed by atoms with E-state index >= 15 is 0 Å². The molecule has 116 valence electrons. The van der Waals surface area contributed by atoms with Crippen LogP contribution >= 0.6 is 0 Å². The molecule has 0 bridgehead atoms. The maximum absolute atomic E-state index is 12.5. The van der Waals surface area contributed by atoms with E-state index in [1.165, 1.54) is 0 Å². The molecule has 2 heterocycles. The molecule has 0 radical (unpaired) electrons. The van der Waals surface area contributed by atoms with Crippen molar-refractivity contribution in [2.45, 2.75) is 26.5 Å². The van der Waals surface area contributed by atoms with Gasteiger partial charge in [-0.3, -0.25) is 4.79 Å². The first kappa shape index (κ1) is 14.7. The molecule has 1 aromatic carbocycles. The lowest BCUT2D eigenvalue weighted by molar-refractivity contribution is 0.171. The molecule has 5 nitrogen and oxygen atoms in total. The number of hydrogen-bond donors (Lipinski definition) is 1. The lowest BCUT2D eigenvalue weighted by Crippen LogP contribution is -2.26. The number of aliphatic hydroxyl groups excluding tert-OH is 1. The van der Waals surface area contributed by atoms with Crippen LogP contribution in [0.3, 0.4) is 0 Å². The number of rotatable bonds is 3. The minimum absolute atomic E-state index is 0.0119. The van der Waals surface area contributed by atoms with E-state index < -0.39 is 0 Å². The molecular formula is C17H19NO4. The summed E-state index contributed by atoms with van der Waals surface area (Å²) in [6.45, 7) is 4.71. The number of hydrogen-bond acceptors (Lipinski definition) is 4. The van der Waals surface area contributed by atoms with Gasteiger partial charge in [-0.1, -0.05) is 0 Å². The second-order valence-corrected chi connectivity index (χ2v) is 5.53. The summed E-state index contributed by atoms with van der Waals surface area (Å²) in [5.41, 5.74) is 1.92. The van der Waals surface area contributed by atoms with Gasteiger partial charge in [0.05, 0.1) is 12.3 Å². The molecule has 0 aliphatic carbocycles. The van der Waals surface area contributed by atoms with Crippen molar-refractivity contribution in [3.63, 3.8) is 0 Å². The maximum atomic E-state index is 12.5. The van der Waals surface area contributed by atoms with Gasteiger partial charge in [0.2, 0.25) is 0 Å². The predicted molar refractivity (Wildman–Crippen MR) is 83.4 cm³/mol. The van der Waals surface area contributed by atoms with Crippen molar-refractivity contribution in [3.8, 4) is 22.8 Å². The molecule has 0 amide bonds. The Hall–Kier alpha value is -2.27. The number of aromatic nitrogens is 1. The molecule has 0 fully saturated rings. The fraction of sp³-hybridized carbons (Fsp3) is 0.353. The standard InChI is InChI=1S/C17H19NO4/c1-11(2)18-14(5-3-13(10-19)17(18)20)12-4-6-15-16(9-12)22-8-7-21-15/h3-6,9,11,19H,7-8,10H2,1-2H3. The number of nitrogens with zero attached hydrogens (tertiary/aromatic N) is 1. The molecule has 2 aromatic rings. The normalized spacial score (nSPS) is 13.5. The molecule has 3 rings (SSSR count). The smallest absolute Gasteiger partial charge is 0.256 e. The molecule has 0 saturated carbocycles. The summed E-state index contributed by atoms with van der Waals surface area (Å²) >= 11 is 0. The molecule has 22 heavy (non-hydrogen) atoms. The van der Waals surface area contributed by atoms with Crippen LogP contribution in [0.4, 0.5) is 0 Å². The van der Waals surface area contributed by atoms with E-state index in [1.807, 2.05) is 38.1 Å². The van der Waals surface area contributed by atoms with Crippen LogP contribution in [-0.2, 0) is 6.61 Å². The molecule has 0 saturated heterocycles. The SMILES string of the molecule is CC(C)n1c(-c2ccc3c(c2)OCCO3)ccc(CO)c1=O. The zero-order valence-electron chi connectivity index (χ0n) is 12.7. The molecule has 5 heteroatoms. The van der Waals surface area contributed by atoms with E-state index in [2.05, 4.69) is 0 Å². The van der Waals surface area contributed by atoms with Crippen LogP contribution in [0.2, 0.25) is 0 Å². The summed E-state index contributed by atoms with van der Waals surface area (Å²) in [6, 6.07) is 9.19. The van der Waals surface area contributed by atoms with Gasteiger partial charge in [0.25, 0.3) is 5.56 Å². The van der Waals surface area contributed by atoms with Crippen LogP contribution < -0.4 is 15.0 Å². The summed E-state index contributed by atoms with van der Waals surface area (Å²) in [5.74, 6) is 1.41. The van der Waals surface area contributed by atoms with E-state index in [0.29, 0.717) is 24.5 Å². The van der Waals surface area contributed by atoms with E-state index in [0.717, 1.165) is 17.0 Å². The Bertz CT molecular complexity index is 749. The highest BCUT2D eigenvalue weighted by molar-refractivity contribution is 5.65. The monoisotopic (exact) mass is 301 g/mol. The molecule has 0 unspecified atom stereocenters. The first-order valence-electron chi connectivity index (χ1n) is 7.37. The van der Waals surface area contributed by atoms with E-state index in [-0.39, 0.29) is 18.2 Å². The van der Waals surface area contributed by atoms with Crippen LogP contribution in [0.5, 0.6) is 11.5 Å². The van der Waals surface area contributed by atoms with Crippen molar-refractivity contribution in [1.82, 2.24) is 4.57 Å². The van der Waals surface area contributed by atoms with Crippen LogP contribution in [0.25, 0.3) is 11.3 Å². The topological polar surface area (TPSA) is 60.7 Å². The average Bonchev–Trinajstić information content (AvgIpc) is 2.53. The Morgan fingerprint density at radius 3 is 2.55 bits per heavy atom.